The van der Waals surface area contributed by atoms with Crippen molar-refractivity contribution in [2.45, 2.75) is 84.2 Å². The molecule has 3 N–H and O–H groups in total. The molecule has 16 nitrogen and oxygen atoms in total. The molecule has 270 valence electrons. The van der Waals surface area contributed by atoms with Crippen LogP contribution in [0.15, 0.2) is 35.2 Å². The number of hydrogen-bond donors (Lipinski definition) is 2. The Morgan fingerprint density at radius 2 is 1.80 bits per heavy atom. The predicted molar refractivity (Wildman–Crippen MR) is 167 cm³/mol. The predicted octanol–water partition coefficient (Wildman–Crippen LogP) is 5.41. The zero-order valence-electron chi connectivity index (χ0n) is 27.8. The monoisotopic (exact) mass is 707 g/mol. The van der Waals surface area contributed by atoms with Crippen LogP contribution in [-0.4, -0.2) is 74.2 Å². The number of primary amides is 1. The first-order valence-corrected chi connectivity index (χ1v) is 15.4. The van der Waals surface area contributed by atoms with E-state index in [2.05, 4.69) is 20.4 Å². The molecule has 0 unspecified atom stereocenters. The number of nitrogens with zero attached hydrogens (tertiary/aromatic N) is 5. The van der Waals surface area contributed by atoms with Crippen molar-refractivity contribution < 1.29 is 55.8 Å². The maximum Gasteiger partial charge on any atom is 0.516 e. The Kier molecular flexibility index (Phi) is 11.2. The summed E-state index contributed by atoms with van der Waals surface area (Å²) < 4.78 is 61.7. The summed E-state index contributed by atoms with van der Waals surface area (Å²) in [4.78, 5) is 70.3. The topological polar surface area (TPSA) is 211 Å². The van der Waals surface area contributed by atoms with Crippen LogP contribution in [0.25, 0.3) is 11.5 Å². The highest BCUT2D eigenvalue weighted by molar-refractivity contribution is 6.07. The van der Waals surface area contributed by atoms with E-state index in [4.69, 9.17) is 24.4 Å². The van der Waals surface area contributed by atoms with E-state index in [-0.39, 0.29) is 34.6 Å². The average Bonchev–Trinajstić information content (AvgIpc) is 3.67. The molecule has 4 rings (SSSR count). The van der Waals surface area contributed by atoms with Crippen LogP contribution < -0.4 is 16.0 Å². The zero-order valence-corrected chi connectivity index (χ0v) is 27.8. The first-order valence-electron chi connectivity index (χ1n) is 15.4. The number of rotatable bonds is 9. The molecule has 0 atom stereocenters. The summed E-state index contributed by atoms with van der Waals surface area (Å²) >= 11 is 0. The molecule has 3 heterocycles. The molecule has 3 aromatic heterocycles. The van der Waals surface area contributed by atoms with Gasteiger partial charge >= 0.3 is 24.4 Å². The number of carbonyl (C=O) groups is 5. The Hall–Kier alpha value is -5.49. The number of hydrogen-bond acceptors (Lipinski definition) is 12. The van der Waals surface area contributed by atoms with Crippen molar-refractivity contribution in [3.8, 4) is 11.5 Å². The van der Waals surface area contributed by atoms with E-state index in [1.807, 2.05) is 0 Å². The molecule has 0 saturated heterocycles. The van der Waals surface area contributed by atoms with E-state index >= 15 is 0 Å². The minimum atomic E-state index is -4.78. The number of anilines is 2. The highest BCUT2D eigenvalue weighted by atomic mass is 19.4. The van der Waals surface area contributed by atoms with E-state index < -0.39 is 66.2 Å². The number of amides is 3. The van der Waals surface area contributed by atoms with Crippen LogP contribution in [-0.2, 0) is 19.0 Å². The summed E-state index contributed by atoms with van der Waals surface area (Å²) in [7, 11) is 0. The zero-order chi connectivity index (χ0) is 37.0. The van der Waals surface area contributed by atoms with Gasteiger partial charge in [-0.3, -0.25) is 24.0 Å². The fraction of sp³-hybridized carbons (Fsp3) is 0.484. The van der Waals surface area contributed by atoms with Crippen molar-refractivity contribution >= 4 is 41.5 Å². The van der Waals surface area contributed by atoms with Gasteiger partial charge in [0.15, 0.2) is 11.4 Å². The van der Waals surface area contributed by atoms with Crippen molar-refractivity contribution in [3.05, 3.63) is 42.2 Å². The van der Waals surface area contributed by atoms with Crippen molar-refractivity contribution in [1.82, 2.24) is 19.7 Å². The van der Waals surface area contributed by atoms with Crippen LogP contribution in [0.4, 0.5) is 34.3 Å². The maximum absolute atomic E-state index is 13.4. The molecule has 0 aromatic carbocycles. The average molecular weight is 708 g/mol. The SMILES string of the molecule is CC(C)OC(=O)OC(=O)C1CCC(n2cc(NC(=O)c3coc(-c4ccnc(N(CC(F)(F)F)C(=O)OC(C)(C)C)c4)n3)c(C(N)=O)n2)CC1. The highest BCUT2D eigenvalue weighted by Crippen LogP contribution is 2.34. The van der Waals surface area contributed by atoms with Crippen LogP contribution in [0.2, 0.25) is 0 Å². The molecule has 0 radical (unpaired) electrons. The number of esters is 1. The number of pyridine rings is 1. The van der Waals surface area contributed by atoms with Crippen molar-refractivity contribution in [3.63, 3.8) is 0 Å². The van der Waals surface area contributed by atoms with Crippen LogP contribution in [0.5, 0.6) is 0 Å². The summed E-state index contributed by atoms with van der Waals surface area (Å²) in [5.41, 5.74) is 3.97. The molecular formula is C31H36F3N7O9. The van der Waals surface area contributed by atoms with E-state index in [0.29, 0.717) is 30.6 Å². The maximum atomic E-state index is 13.4. The molecule has 3 amide bonds. The smallest absolute Gasteiger partial charge is 0.444 e. The molecular weight excluding hydrogens is 671 g/mol. The number of alkyl halides is 3. The number of ether oxygens (including phenoxy) is 3. The number of oxazole rings is 1. The molecule has 3 aromatic rings. The highest BCUT2D eigenvalue weighted by Gasteiger charge is 2.37. The van der Waals surface area contributed by atoms with E-state index in [0.717, 1.165) is 18.5 Å². The molecule has 0 aliphatic heterocycles. The van der Waals surface area contributed by atoms with Gasteiger partial charge in [0.2, 0.25) is 5.89 Å². The lowest BCUT2D eigenvalue weighted by Gasteiger charge is -2.27. The molecule has 50 heavy (non-hydrogen) atoms. The largest absolute Gasteiger partial charge is 0.516 e. The Balaban J connectivity index is 1.46. The van der Waals surface area contributed by atoms with Gasteiger partial charge in [0.05, 0.1) is 23.8 Å². The molecule has 1 fully saturated rings. The molecule has 0 bridgehead atoms. The quantitative estimate of drug-likeness (QED) is 0.211. The summed E-state index contributed by atoms with van der Waals surface area (Å²) in [6.45, 7) is 6.06. The Bertz CT molecular complexity index is 1740. The van der Waals surface area contributed by atoms with Gasteiger partial charge in [0, 0.05) is 18.0 Å². The first kappa shape index (κ1) is 37.3. The van der Waals surface area contributed by atoms with Gasteiger partial charge in [-0.25, -0.2) is 19.6 Å². The summed E-state index contributed by atoms with van der Waals surface area (Å²) in [5, 5.41) is 6.75. The van der Waals surface area contributed by atoms with Gasteiger partial charge in [-0.05, 0) is 72.4 Å². The van der Waals surface area contributed by atoms with Crippen molar-refractivity contribution in [2.24, 2.45) is 11.7 Å². The van der Waals surface area contributed by atoms with Crippen LogP contribution >= 0.6 is 0 Å². The van der Waals surface area contributed by atoms with Gasteiger partial charge < -0.3 is 29.7 Å². The molecule has 1 aliphatic rings. The molecule has 0 spiro atoms. The lowest BCUT2D eigenvalue weighted by Crippen LogP contribution is -2.42. The van der Waals surface area contributed by atoms with E-state index in [1.54, 1.807) is 13.8 Å². The van der Waals surface area contributed by atoms with E-state index in [9.17, 15) is 37.1 Å². The van der Waals surface area contributed by atoms with Crippen LogP contribution in [0.3, 0.4) is 0 Å². The fourth-order valence-corrected chi connectivity index (χ4v) is 4.94. The van der Waals surface area contributed by atoms with Gasteiger partial charge in [-0.15, -0.1) is 0 Å². The van der Waals surface area contributed by atoms with Gasteiger partial charge in [-0.2, -0.15) is 18.3 Å². The standard InChI is InChI=1S/C31H36F3N7O9/c1-16(2)48-29(46)49-27(44)17-6-8-19(9-7-17)41-13-20(23(39-41)24(35)42)37-25(43)21-14-47-26(38-21)18-10-11-36-22(12-18)40(15-31(32,33)34)28(45)50-30(3,4)5/h10-14,16-17,19H,6-9,15H2,1-5H3,(H2,35,42)(H,37,43). The number of halogens is 3. The minimum Gasteiger partial charge on any atom is -0.444 e. The number of carbonyl (C=O) groups excluding carboxylic acids is 5. The fourth-order valence-electron chi connectivity index (χ4n) is 4.94. The van der Waals surface area contributed by atoms with Gasteiger partial charge in [0.1, 0.15) is 24.2 Å². The molecule has 19 heteroatoms. The van der Waals surface area contributed by atoms with Gasteiger partial charge in [-0.1, -0.05) is 0 Å². The molecule has 1 aliphatic carbocycles. The number of nitrogens with one attached hydrogen (secondary N) is 1. The number of aromatic nitrogens is 4. The summed E-state index contributed by atoms with van der Waals surface area (Å²) in [5.74, 6) is -3.59. The lowest BCUT2D eigenvalue weighted by atomic mass is 9.86. The second-order valence-corrected chi connectivity index (χ2v) is 12.7. The Morgan fingerprint density at radius 3 is 2.40 bits per heavy atom. The minimum absolute atomic E-state index is 0.0311. The van der Waals surface area contributed by atoms with E-state index in [1.165, 1.54) is 37.7 Å². The third-order valence-electron chi connectivity index (χ3n) is 7.09. The van der Waals surface area contributed by atoms with Crippen molar-refractivity contribution in [1.29, 1.82) is 0 Å². The first-order chi connectivity index (χ1) is 23.3. The van der Waals surface area contributed by atoms with Crippen LogP contribution in [0, 0.1) is 5.92 Å². The van der Waals surface area contributed by atoms with Crippen LogP contribution in [0.1, 0.15) is 87.3 Å². The Labute approximate surface area is 283 Å². The van der Waals surface area contributed by atoms with Gasteiger partial charge in [0.25, 0.3) is 11.8 Å². The lowest BCUT2D eigenvalue weighted by molar-refractivity contribution is -0.146. The third-order valence-corrected chi connectivity index (χ3v) is 7.09. The third kappa shape index (κ3) is 10.0. The summed E-state index contributed by atoms with van der Waals surface area (Å²) in [6.07, 6.45) is -2.47. The second kappa shape index (κ2) is 15.0. The molecule has 1 saturated carbocycles. The Morgan fingerprint density at radius 1 is 1.12 bits per heavy atom. The summed E-state index contributed by atoms with van der Waals surface area (Å²) in [6, 6.07) is 2.19. The second-order valence-electron chi connectivity index (χ2n) is 12.7. The normalized spacial score (nSPS) is 16.4. The number of nitrogens with two attached hydrogens (primary N) is 1. The van der Waals surface area contributed by atoms with Crippen molar-refractivity contribution in [2.75, 3.05) is 16.8 Å².